The molecule has 3 amide bonds. The molecule has 2 aromatic heterocycles. The third-order valence-electron chi connectivity index (χ3n) is 12.3. The van der Waals surface area contributed by atoms with Gasteiger partial charge in [-0.2, -0.15) is 0 Å². The Bertz CT molecular complexity index is 2590. The first-order chi connectivity index (χ1) is 31.8. The Kier molecular flexibility index (Phi) is 15.0. The number of alkyl halides is 3. The summed E-state index contributed by atoms with van der Waals surface area (Å²) < 4.78 is 55.3. The summed E-state index contributed by atoms with van der Waals surface area (Å²) in [4.78, 5) is 66.7. The van der Waals surface area contributed by atoms with Crippen molar-refractivity contribution in [1.82, 2.24) is 30.1 Å². The van der Waals surface area contributed by atoms with Gasteiger partial charge in [0.05, 0.1) is 52.7 Å². The molecule has 8 rings (SSSR count). The van der Waals surface area contributed by atoms with E-state index in [-0.39, 0.29) is 34.0 Å². The standard InChI is InChI=1S/C39H41ClF3N7O3.C9H15NO4/c1-22-16-31(48(5)21-22)35-46-30-10-7-23-17-24(6-9-26(23)34(30)47-35)27-18-29(40)28(19-32(27)53-39(41,42)43)36(51)45-25-8-11-33(44-20-25)49-12-14-50(15-13-49)37(52)38(2,3)4;1-13-9(12)10-8(6-11)7-2-4-14-5-3-7/h6-11,17-20,22,31H,12-16,21H2,1-5H3,(H,45,51)(H,46,47);6-8H,2-5H2,1H3,(H,10,12). The molecular formula is C48H56ClF3N8O7. The van der Waals surface area contributed by atoms with Crippen LogP contribution in [0.3, 0.4) is 0 Å². The van der Waals surface area contributed by atoms with E-state index in [0.717, 1.165) is 65.8 Å². The Balaban J connectivity index is 0.000000409. The van der Waals surface area contributed by atoms with Crippen molar-refractivity contribution in [3.05, 3.63) is 77.2 Å². The lowest BCUT2D eigenvalue weighted by Gasteiger charge is -2.38. The first-order valence-electron chi connectivity index (χ1n) is 22.2. The number of nitrogens with one attached hydrogen (secondary N) is 3. The number of piperazine rings is 1. The van der Waals surface area contributed by atoms with E-state index >= 15 is 0 Å². The van der Waals surface area contributed by atoms with Gasteiger partial charge in [0.1, 0.15) is 23.7 Å². The molecule has 3 atom stereocenters. The third-order valence-corrected chi connectivity index (χ3v) is 12.7. The Morgan fingerprint density at radius 3 is 2.34 bits per heavy atom. The molecule has 3 saturated heterocycles. The number of halogens is 4. The molecule has 67 heavy (non-hydrogen) atoms. The zero-order chi connectivity index (χ0) is 48.2. The molecule has 3 fully saturated rings. The van der Waals surface area contributed by atoms with Gasteiger partial charge < -0.3 is 44.4 Å². The quantitative estimate of drug-likeness (QED) is 0.121. The molecule has 358 valence electrons. The minimum absolute atomic E-state index is 0.0540. The van der Waals surface area contributed by atoms with Crippen molar-refractivity contribution in [2.75, 3.05) is 70.3 Å². The number of hydrogen-bond acceptors (Lipinski definition) is 11. The number of alkyl carbamates (subject to hydrolysis) is 1. The number of ether oxygens (including phenoxy) is 3. The molecule has 0 spiro atoms. The number of aromatic nitrogens is 3. The summed E-state index contributed by atoms with van der Waals surface area (Å²) in [6, 6.07) is 14.5. The van der Waals surface area contributed by atoms with Crippen LogP contribution < -0.4 is 20.3 Å². The predicted octanol–water partition coefficient (Wildman–Crippen LogP) is 8.63. The van der Waals surface area contributed by atoms with Gasteiger partial charge in [0.15, 0.2) is 0 Å². The van der Waals surface area contributed by atoms with Crippen LogP contribution in [0.15, 0.2) is 60.8 Å². The van der Waals surface area contributed by atoms with Crippen LogP contribution in [0.1, 0.15) is 69.2 Å². The van der Waals surface area contributed by atoms with E-state index < -0.39 is 35.6 Å². The normalized spacial score (nSPS) is 18.8. The highest BCUT2D eigenvalue weighted by Crippen LogP contribution is 2.41. The Labute approximate surface area is 391 Å². The molecule has 19 heteroatoms. The fourth-order valence-electron chi connectivity index (χ4n) is 8.87. The predicted molar refractivity (Wildman–Crippen MR) is 249 cm³/mol. The number of rotatable bonds is 9. The van der Waals surface area contributed by atoms with E-state index in [9.17, 15) is 32.3 Å². The summed E-state index contributed by atoms with van der Waals surface area (Å²) in [5, 5.41) is 6.74. The lowest BCUT2D eigenvalue weighted by Crippen LogP contribution is -2.51. The number of amides is 3. The number of likely N-dealkylation sites (tertiary alicyclic amines) is 1. The summed E-state index contributed by atoms with van der Waals surface area (Å²) in [6.07, 6.45) is -0.766. The maximum absolute atomic E-state index is 13.7. The van der Waals surface area contributed by atoms with Crippen LogP contribution in [-0.2, 0) is 19.1 Å². The third kappa shape index (κ3) is 11.8. The van der Waals surface area contributed by atoms with Gasteiger partial charge in [-0.05, 0) is 85.5 Å². The smallest absolute Gasteiger partial charge is 0.453 e. The number of carbonyl (C=O) groups excluding carboxylic acids is 4. The van der Waals surface area contributed by atoms with E-state index in [1.165, 1.54) is 19.4 Å². The summed E-state index contributed by atoms with van der Waals surface area (Å²) >= 11 is 6.59. The van der Waals surface area contributed by atoms with Gasteiger partial charge in [0, 0.05) is 62.3 Å². The summed E-state index contributed by atoms with van der Waals surface area (Å²) in [6.45, 7) is 12.6. The van der Waals surface area contributed by atoms with E-state index in [1.807, 2.05) is 48.8 Å². The van der Waals surface area contributed by atoms with Crippen LogP contribution in [0.4, 0.5) is 29.5 Å². The van der Waals surface area contributed by atoms with Gasteiger partial charge in [-0.3, -0.25) is 14.5 Å². The van der Waals surface area contributed by atoms with E-state index in [4.69, 9.17) is 21.3 Å². The Morgan fingerprint density at radius 1 is 1.00 bits per heavy atom. The molecule has 0 radical (unpaired) electrons. The fourth-order valence-corrected chi connectivity index (χ4v) is 9.12. The number of pyridine rings is 1. The first-order valence-corrected chi connectivity index (χ1v) is 22.6. The Hall–Kier alpha value is -5.98. The zero-order valence-corrected chi connectivity index (χ0v) is 39.1. The molecule has 5 aromatic rings. The highest BCUT2D eigenvalue weighted by molar-refractivity contribution is 6.35. The van der Waals surface area contributed by atoms with Crippen molar-refractivity contribution >= 4 is 69.1 Å². The van der Waals surface area contributed by atoms with Crippen molar-refractivity contribution < 1.29 is 46.6 Å². The maximum atomic E-state index is 13.7. The Morgan fingerprint density at radius 2 is 1.73 bits per heavy atom. The fraction of sp³-hybridized carbons (Fsp3) is 0.458. The second-order valence-electron chi connectivity index (χ2n) is 18.3. The number of benzene rings is 3. The average molecular weight is 949 g/mol. The molecule has 5 heterocycles. The molecule has 3 aromatic carbocycles. The molecule has 3 unspecified atom stereocenters. The second-order valence-corrected chi connectivity index (χ2v) is 18.7. The van der Waals surface area contributed by atoms with Crippen molar-refractivity contribution in [2.45, 2.75) is 65.4 Å². The van der Waals surface area contributed by atoms with Gasteiger partial charge in [-0.1, -0.05) is 57.5 Å². The van der Waals surface area contributed by atoms with Crippen molar-refractivity contribution in [2.24, 2.45) is 17.3 Å². The number of methoxy groups -OCH3 is 1. The van der Waals surface area contributed by atoms with Crippen LogP contribution in [0.25, 0.3) is 32.9 Å². The van der Waals surface area contributed by atoms with Gasteiger partial charge in [-0.25, -0.2) is 14.8 Å². The highest BCUT2D eigenvalue weighted by atomic mass is 35.5. The number of nitrogens with zero attached hydrogens (tertiary/aromatic N) is 5. The molecule has 0 bridgehead atoms. The minimum atomic E-state index is -5.03. The van der Waals surface area contributed by atoms with Crippen LogP contribution in [0, 0.1) is 17.3 Å². The topological polar surface area (TPSA) is 171 Å². The summed E-state index contributed by atoms with van der Waals surface area (Å²) in [5.41, 5.74) is 1.84. The van der Waals surface area contributed by atoms with Gasteiger partial charge in [0.25, 0.3) is 5.91 Å². The average Bonchev–Trinajstić information content (AvgIpc) is 3.90. The van der Waals surface area contributed by atoms with Crippen LogP contribution in [0.5, 0.6) is 5.75 Å². The highest BCUT2D eigenvalue weighted by Gasteiger charge is 2.34. The largest absolute Gasteiger partial charge is 0.573 e. The molecule has 0 saturated carbocycles. The molecule has 15 nitrogen and oxygen atoms in total. The summed E-state index contributed by atoms with van der Waals surface area (Å²) in [7, 11) is 3.37. The number of hydrogen-bond donors (Lipinski definition) is 3. The number of carbonyl (C=O) groups is 4. The van der Waals surface area contributed by atoms with Gasteiger partial charge >= 0.3 is 12.5 Å². The summed E-state index contributed by atoms with van der Waals surface area (Å²) in [5.74, 6) is 1.10. The van der Waals surface area contributed by atoms with Crippen molar-refractivity contribution in [1.29, 1.82) is 0 Å². The first kappa shape index (κ1) is 48.9. The van der Waals surface area contributed by atoms with Crippen molar-refractivity contribution in [3.8, 4) is 16.9 Å². The molecule has 3 aliphatic rings. The molecule has 0 aliphatic carbocycles. The van der Waals surface area contributed by atoms with Crippen LogP contribution in [0.2, 0.25) is 5.02 Å². The molecule has 3 N–H and O–H groups in total. The number of H-pyrrole nitrogens is 1. The van der Waals surface area contributed by atoms with Crippen LogP contribution in [-0.4, -0.2) is 121 Å². The lowest BCUT2D eigenvalue weighted by atomic mass is 9.93. The number of aromatic amines is 1. The maximum Gasteiger partial charge on any atom is 0.573 e. The lowest BCUT2D eigenvalue weighted by molar-refractivity contribution is -0.274. The minimum Gasteiger partial charge on any atom is -0.453 e. The number of imidazole rings is 1. The number of fused-ring (bicyclic) bond motifs is 3. The van der Waals surface area contributed by atoms with Gasteiger partial charge in [-0.15, -0.1) is 13.2 Å². The van der Waals surface area contributed by atoms with E-state index in [2.05, 4.69) is 48.9 Å². The number of aldehydes is 1. The second kappa shape index (κ2) is 20.5. The van der Waals surface area contributed by atoms with Crippen molar-refractivity contribution in [3.63, 3.8) is 0 Å². The molecular weight excluding hydrogens is 893 g/mol. The zero-order valence-electron chi connectivity index (χ0n) is 38.3. The van der Waals surface area contributed by atoms with Gasteiger partial charge in [0.2, 0.25) is 5.91 Å². The van der Waals surface area contributed by atoms with E-state index in [1.54, 1.807) is 24.3 Å². The number of anilines is 2. The van der Waals surface area contributed by atoms with E-state index in [0.29, 0.717) is 62.4 Å². The monoisotopic (exact) mass is 948 g/mol. The molecule has 3 aliphatic heterocycles. The SMILES string of the molecule is CC1CC(c2nc3c(ccc4cc(-c5cc(Cl)c(C(=O)Nc6ccc(N7CCN(C(=O)C(C)(C)C)CC7)nc6)cc5OC(F)(F)F)ccc43)[nH]2)N(C)C1.COC(=O)NC(C=O)C1CCOCC1. The van der Waals surface area contributed by atoms with Crippen LogP contribution >= 0.6 is 11.6 Å².